The standard InChI is InChI=1S/C14H19NO5/c1-10-8-11(9-20-10)14(18)15-5-2-12(3-6-15)19-7-4-13(16)17/h8-9,12H,2-7H2,1H3,(H,16,17). The monoisotopic (exact) mass is 281 g/mol. The van der Waals surface area contributed by atoms with E-state index in [9.17, 15) is 9.59 Å². The Morgan fingerprint density at radius 3 is 2.70 bits per heavy atom. The van der Waals surface area contributed by atoms with Crippen molar-refractivity contribution >= 4 is 11.9 Å². The molecule has 1 amide bonds. The van der Waals surface area contributed by atoms with E-state index in [1.807, 2.05) is 0 Å². The minimum absolute atomic E-state index is 0.0213. The molecule has 6 nitrogen and oxygen atoms in total. The average molecular weight is 281 g/mol. The molecule has 6 heteroatoms. The van der Waals surface area contributed by atoms with Gasteiger partial charge in [0.15, 0.2) is 0 Å². The van der Waals surface area contributed by atoms with Gasteiger partial charge in [0.25, 0.3) is 5.91 Å². The van der Waals surface area contributed by atoms with E-state index in [4.69, 9.17) is 14.3 Å². The van der Waals surface area contributed by atoms with Crippen LogP contribution in [0.15, 0.2) is 16.7 Å². The summed E-state index contributed by atoms with van der Waals surface area (Å²) in [5, 5.41) is 8.54. The Labute approximate surface area is 117 Å². The van der Waals surface area contributed by atoms with E-state index >= 15 is 0 Å². The second kappa shape index (κ2) is 6.56. The number of rotatable bonds is 5. The van der Waals surface area contributed by atoms with Crippen LogP contribution in [0.4, 0.5) is 0 Å². The Balaban J connectivity index is 1.76. The molecular weight excluding hydrogens is 262 g/mol. The first kappa shape index (κ1) is 14.6. The van der Waals surface area contributed by atoms with Crippen molar-refractivity contribution in [3.63, 3.8) is 0 Å². The third-order valence-corrected chi connectivity index (χ3v) is 3.38. The van der Waals surface area contributed by atoms with Crippen LogP contribution in [0.1, 0.15) is 35.4 Å². The summed E-state index contributed by atoms with van der Waals surface area (Å²) in [7, 11) is 0. The van der Waals surface area contributed by atoms with Gasteiger partial charge in [-0.1, -0.05) is 0 Å². The number of nitrogens with zero attached hydrogens (tertiary/aromatic N) is 1. The Morgan fingerprint density at radius 2 is 2.15 bits per heavy atom. The summed E-state index contributed by atoms with van der Waals surface area (Å²) in [5.41, 5.74) is 0.577. The molecule has 0 aromatic carbocycles. The van der Waals surface area contributed by atoms with Crippen LogP contribution in [0, 0.1) is 6.92 Å². The number of piperidine rings is 1. The largest absolute Gasteiger partial charge is 0.481 e. The normalized spacial score (nSPS) is 16.4. The molecule has 0 atom stereocenters. The predicted molar refractivity (Wildman–Crippen MR) is 70.6 cm³/mol. The summed E-state index contributed by atoms with van der Waals surface area (Å²) >= 11 is 0. The first-order valence-corrected chi connectivity index (χ1v) is 6.74. The fourth-order valence-electron chi connectivity index (χ4n) is 2.28. The third-order valence-electron chi connectivity index (χ3n) is 3.38. The highest BCUT2D eigenvalue weighted by Gasteiger charge is 2.24. The molecule has 1 aliphatic heterocycles. The second-order valence-corrected chi connectivity index (χ2v) is 4.95. The maximum absolute atomic E-state index is 12.2. The van der Waals surface area contributed by atoms with E-state index in [0.29, 0.717) is 18.7 Å². The van der Waals surface area contributed by atoms with Crippen LogP contribution in [-0.2, 0) is 9.53 Å². The van der Waals surface area contributed by atoms with Crippen LogP contribution < -0.4 is 0 Å². The van der Waals surface area contributed by atoms with Crippen LogP contribution in [-0.4, -0.2) is 47.7 Å². The summed E-state index contributed by atoms with van der Waals surface area (Å²) in [4.78, 5) is 24.3. The molecule has 20 heavy (non-hydrogen) atoms. The topological polar surface area (TPSA) is 80.0 Å². The molecular formula is C14H19NO5. The van der Waals surface area contributed by atoms with Gasteiger partial charge in [0.05, 0.1) is 24.7 Å². The lowest BCUT2D eigenvalue weighted by atomic mass is 10.1. The molecule has 1 fully saturated rings. The summed E-state index contributed by atoms with van der Waals surface area (Å²) < 4.78 is 10.6. The predicted octanol–water partition coefficient (Wildman–Crippen LogP) is 1.68. The van der Waals surface area contributed by atoms with E-state index in [1.165, 1.54) is 6.26 Å². The molecule has 0 spiro atoms. The van der Waals surface area contributed by atoms with Crippen LogP contribution >= 0.6 is 0 Å². The minimum Gasteiger partial charge on any atom is -0.481 e. The molecule has 0 bridgehead atoms. The SMILES string of the molecule is Cc1cc(C(=O)N2CCC(OCCC(=O)O)CC2)co1. The first-order valence-electron chi connectivity index (χ1n) is 6.74. The van der Waals surface area contributed by atoms with Crippen molar-refractivity contribution in [1.29, 1.82) is 0 Å². The van der Waals surface area contributed by atoms with Crippen molar-refractivity contribution in [2.24, 2.45) is 0 Å². The zero-order valence-electron chi connectivity index (χ0n) is 11.5. The van der Waals surface area contributed by atoms with Gasteiger partial charge in [0, 0.05) is 13.1 Å². The summed E-state index contributed by atoms with van der Waals surface area (Å²) in [6.07, 6.45) is 3.02. The van der Waals surface area contributed by atoms with Crippen molar-refractivity contribution in [2.45, 2.75) is 32.3 Å². The highest BCUT2D eigenvalue weighted by molar-refractivity contribution is 5.94. The molecule has 110 valence electrons. The molecule has 1 aliphatic rings. The number of furan rings is 1. The van der Waals surface area contributed by atoms with Gasteiger partial charge < -0.3 is 19.2 Å². The number of carbonyl (C=O) groups excluding carboxylic acids is 1. The number of aryl methyl sites for hydroxylation is 1. The quantitative estimate of drug-likeness (QED) is 0.888. The Morgan fingerprint density at radius 1 is 1.45 bits per heavy atom. The maximum atomic E-state index is 12.2. The van der Waals surface area contributed by atoms with Gasteiger partial charge in [-0.2, -0.15) is 0 Å². The van der Waals surface area contributed by atoms with Crippen molar-refractivity contribution in [3.8, 4) is 0 Å². The molecule has 1 aromatic heterocycles. The van der Waals surface area contributed by atoms with Crippen LogP contribution in [0.25, 0.3) is 0 Å². The Kier molecular flexibility index (Phi) is 4.79. The molecule has 1 saturated heterocycles. The number of aliphatic carboxylic acids is 1. The highest BCUT2D eigenvalue weighted by Crippen LogP contribution is 2.17. The Bertz CT molecular complexity index is 474. The molecule has 1 aromatic rings. The van der Waals surface area contributed by atoms with Gasteiger partial charge in [-0.05, 0) is 25.8 Å². The molecule has 2 heterocycles. The van der Waals surface area contributed by atoms with Crippen molar-refractivity contribution in [2.75, 3.05) is 19.7 Å². The van der Waals surface area contributed by atoms with Gasteiger partial charge in [-0.15, -0.1) is 0 Å². The van der Waals surface area contributed by atoms with Crippen molar-refractivity contribution in [1.82, 2.24) is 4.90 Å². The summed E-state index contributed by atoms with van der Waals surface area (Å²) in [6, 6.07) is 1.73. The fraction of sp³-hybridized carbons (Fsp3) is 0.571. The van der Waals surface area contributed by atoms with E-state index in [2.05, 4.69) is 0 Å². The first-order chi connectivity index (χ1) is 9.56. The van der Waals surface area contributed by atoms with Gasteiger partial charge in [-0.3, -0.25) is 9.59 Å². The van der Waals surface area contributed by atoms with Gasteiger partial charge in [0.1, 0.15) is 12.0 Å². The number of likely N-dealkylation sites (tertiary alicyclic amines) is 1. The molecule has 0 radical (unpaired) electrons. The minimum atomic E-state index is -0.854. The van der Waals surface area contributed by atoms with E-state index in [0.717, 1.165) is 18.6 Å². The van der Waals surface area contributed by atoms with Crippen molar-refractivity contribution < 1.29 is 23.8 Å². The summed E-state index contributed by atoms with van der Waals surface area (Å²) in [6.45, 7) is 3.29. The molecule has 2 rings (SSSR count). The number of hydrogen-bond acceptors (Lipinski definition) is 4. The number of amides is 1. The van der Waals surface area contributed by atoms with Crippen LogP contribution in [0.2, 0.25) is 0 Å². The maximum Gasteiger partial charge on any atom is 0.305 e. The number of carbonyl (C=O) groups is 2. The van der Waals surface area contributed by atoms with E-state index < -0.39 is 5.97 Å². The van der Waals surface area contributed by atoms with Gasteiger partial charge in [-0.25, -0.2) is 0 Å². The fourth-order valence-corrected chi connectivity index (χ4v) is 2.28. The zero-order valence-corrected chi connectivity index (χ0v) is 11.5. The smallest absolute Gasteiger partial charge is 0.305 e. The van der Waals surface area contributed by atoms with Crippen LogP contribution in [0.3, 0.4) is 0 Å². The average Bonchev–Trinajstić information content (AvgIpc) is 2.85. The Hall–Kier alpha value is -1.82. The lowest BCUT2D eigenvalue weighted by Crippen LogP contribution is -2.40. The lowest BCUT2D eigenvalue weighted by Gasteiger charge is -2.31. The van der Waals surface area contributed by atoms with E-state index in [-0.39, 0.29) is 25.0 Å². The lowest BCUT2D eigenvalue weighted by molar-refractivity contribution is -0.138. The van der Waals surface area contributed by atoms with Crippen molar-refractivity contribution in [3.05, 3.63) is 23.7 Å². The zero-order chi connectivity index (χ0) is 14.5. The molecule has 0 unspecified atom stereocenters. The number of ether oxygens (including phenoxy) is 1. The molecule has 0 saturated carbocycles. The third kappa shape index (κ3) is 3.84. The number of hydrogen-bond donors (Lipinski definition) is 1. The number of carboxylic acid groups (broad SMARTS) is 1. The second-order valence-electron chi connectivity index (χ2n) is 4.95. The van der Waals surface area contributed by atoms with Gasteiger partial charge >= 0.3 is 5.97 Å². The molecule has 0 aliphatic carbocycles. The number of carboxylic acids is 1. The summed E-state index contributed by atoms with van der Waals surface area (Å²) in [5.74, 6) is -0.154. The molecule has 1 N–H and O–H groups in total. The highest BCUT2D eigenvalue weighted by atomic mass is 16.5. The van der Waals surface area contributed by atoms with Crippen LogP contribution in [0.5, 0.6) is 0 Å². The van der Waals surface area contributed by atoms with E-state index in [1.54, 1.807) is 17.9 Å². The van der Waals surface area contributed by atoms with Gasteiger partial charge in [0.2, 0.25) is 0 Å².